The van der Waals surface area contributed by atoms with Crippen molar-refractivity contribution in [1.82, 2.24) is 15.5 Å². The van der Waals surface area contributed by atoms with Gasteiger partial charge in [0.05, 0.1) is 11.6 Å². The molecule has 2 heterocycles. The van der Waals surface area contributed by atoms with Crippen molar-refractivity contribution in [2.24, 2.45) is 5.92 Å². The van der Waals surface area contributed by atoms with E-state index >= 15 is 0 Å². The van der Waals surface area contributed by atoms with Crippen LogP contribution in [-0.2, 0) is 6.42 Å². The van der Waals surface area contributed by atoms with Crippen molar-refractivity contribution >= 4 is 15.9 Å². The number of benzene rings is 1. The van der Waals surface area contributed by atoms with Gasteiger partial charge in [0, 0.05) is 12.0 Å². The third-order valence-electron chi connectivity index (χ3n) is 3.81. The number of methoxy groups -OCH3 is 1. The Morgan fingerprint density at radius 3 is 3.10 bits per heavy atom. The SMILES string of the molecule is COc1ccc(-c2noc(CCC3CCNC3)n2)cc1Br. The summed E-state index contributed by atoms with van der Waals surface area (Å²) in [5.74, 6) is 2.86. The van der Waals surface area contributed by atoms with Gasteiger partial charge in [-0.25, -0.2) is 0 Å². The summed E-state index contributed by atoms with van der Waals surface area (Å²) in [6.07, 6.45) is 3.18. The molecule has 6 heteroatoms. The largest absolute Gasteiger partial charge is 0.496 e. The van der Waals surface area contributed by atoms with Gasteiger partial charge in [-0.2, -0.15) is 4.98 Å². The summed E-state index contributed by atoms with van der Waals surface area (Å²) in [6.45, 7) is 2.23. The molecule has 0 amide bonds. The topological polar surface area (TPSA) is 60.2 Å². The predicted octanol–water partition coefficient (Wildman–Crippen LogP) is 3.05. The summed E-state index contributed by atoms with van der Waals surface area (Å²) in [7, 11) is 1.64. The second kappa shape index (κ2) is 6.58. The number of rotatable bonds is 5. The number of nitrogens with one attached hydrogen (secondary N) is 1. The molecule has 1 aliphatic rings. The van der Waals surface area contributed by atoms with E-state index < -0.39 is 0 Å². The van der Waals surface area contributed by atoms with Crippen LogP contribution in [-0.4, -0.2) is 30.3 Å². The highest BCUT2D eigenvalue weighted by Crippen LogP contribution is 2.29. The van der Waals surface area contributed by atoms with Gasteiger partial charge in [-0.1, -0.05) is 5.16 Å². The van der Waals surface area contributed by atoms with Crippen LogP contribution in [0.2, 0.25) is 0 Å². The van der Waals surface area contributed by atoms with E-state index in [1.807, 2.05) is 18.2 Å². The van der Waals surface area contributed by atoms with Crippen LogP contribution in [0.5, 0.6) is 5.75 Å². The van der Waals surface area contributed by atoms with Crippen molar-refractivity contribution in [1.29, 1.82) is 0 Å². The molecule has 3 rings (SSSR count). The van der Waals surface area contributed by atoms with Crippen molar-refractivity contribution in [2.45, 2.75) is 19.3 Å². The molecular weight excluding hydrogens is 334 g/mol. The van der Waals surface area contributed by atoms with Crippen molar-refractivity contribution in [2.75, 3.05) is 20.2 Å². The van der Waals surface area contributed by atoms with Crippen molar-refractivity contribution in [3.05, 3.63) is 28.6 Å². The fourth-order valence-corrected chi connectivity index (χ4v) is 3.11. The molecule has 2 aromatic rings. The highest BCUT2D eigenvalue weighted by atomic mass is 79.9. The minimum Gasteiger partial charge on any atom is -0.496 e. The third kappa shape index (κ3) is 3.44. The molecule has 1 fully saturated rings. The molecule has 1 N–H and O–H groups in total. The summed E-state index contributed by atoms with van der Waals surface area (Å²) in [5, 5.41) is 7.44. The van der Waals surface area contributed by atoms with Crippen LogP contribution >= 0.6 is 15.9 Å². The Kier molecular flexibility index (Phi) is 4.55. The van der Waals surface area contributed by atoms with Crippen molar-refractivity contribution in [3.8, 4) is 17.1 Å². The van der Waals surface area contributed by atoms with E-state index in [1.165, 1.54) is 6.42 Å². The second-order valence-corrected chi connectivity index (χ2v) is 6.11. The normalized spacial score (nSPS) is 18.1. The van der Waals surface area contributed by atoms with E-state index in [0.717, 1.165) is 47.6 Å². The molecule has 5 nitrogen and oxygen atoms in total. The van der Waals surface area contributed by atoms with Crippen LogP contribution in [0.25, 0.3) is 11.4 Å². The monoisotopic (exact) mass is 351 g/mol. The maximum atomic E-state index is 5.35. The highest BCUT2D eigenvalue weighted by molar-refractivity contribution is 9.10. The molecule has 0 radical (unpaired) electrons. The lowest BCUT2D eigenvalue weighted by Gasteiger charge is -2.04. The number of halogens is 1. The summed E-state index contributed by atoms with van der Waals surface area (Å²) >= 11 is 3.47. The van der Waals surface area contributed by atoms with Crippen LogP contribution in [0.3, 0.4) is 0 Å². The number of hydrogen-bond donors (Lipinski definition) is 1. The minimum absolute atomic E-state index is 0.623. The molecule has 0 bridgehead atoms. The van der Waals surface area contributed by atoms with E-state index in [4.69, 9.17) is 9.26 Å². The van der Waals surface area contributed by atoms with Crippen LogP contribution < -0.4 is 10.1 Å². The molecule has 1 aromatic carbocycles. The van der Waals surface area contributed by atoms with Crippen molar-refractivity contribution in [3.63, 3.8) is 0 Å². The Bertz CT molecular complexity index is 609. The quantitative estimate of drug-likeness (QED) is 0.896. The Hall–Kier alpha value is -1.40. The van der Waals surface area contributed by atoms with Gasteiger partial charge in [0.25, 0.3) is 0 Å². The van der Waals surface area contributed by atoms with Crippen LogP contribution in [0.4, 0.5) is 0 Å². The smallest absolute Gasteiger partial charge is 0.226 e. The molecule has 1 aromatic heterocycles. The third-order valence-corrected chi connectivity index (χ3v) is 4.43. The highest BCUT2D eigenvalue weighted by Gasteiger charge is 2.16. The standard InChI is InChI=1S/C15H18BrN3O2/c1-20-13-4-3-11(8-12(13)16)15-18-14(21-19-15)5-2-10-6-7-17-9-10/h3-4,8,10,17H,2,5-7,9H2,1H3. The summed E-state index contributed by atoms with van der Waals surface area (Å²) in [5.41, 5.74) is 0.917. The zero-order chi connectivity index (χ0) is 14.7. The maximum absolute atomic E-state index is 5.35. The Labute approximate surface area is 132 Å². The van der Waals surface area contributed by atoms with Gasteiger partial charge in [-0.3, -0.25) is 0 Å². The van der Waals surface area contributed by atoms with Crippen LogP contribution in [0.1, 0.15) is 18.7 Å². The number of hydrogen-bond acceptors (Lipinski definition) is 5. The van der Waals surface area contributed by atoms with E-state index in [9.17, 15) is 0 Å². The van der Waals surface area contributed by atoms with E-state index in [-0.39, 0.29) is 0 Å². The molecular formula is C15H18BrN3O2. The van der Waals surface area contributed by atoms with Gasteiger partial charge >= 0.3 is 0 Å². The van der Waals surface area contributed by atoms with Gasteiger partial charge in [-0.15, -0.1) is 0 Å². The first-order chi connectivity index (χ1) is 10.3. The van der Waals surface area contributed by atoms with E-state index in [0.29, 0.717) is 11.7 Å². The maximum Gasteiger partial charge on any atom is 0.226 e. The molecule has 0 saturated carbocycles. The van der Waals surface area contributed by atoms with Gasteiger partial charge < -0.3 is 14.6 Å². The van der Waals surface area contributed by atoms with Crippen molar-refractivity contribution < 1.29 is 9.26 Å². The zero-order valence-corrected chi connectivity index (χ0v) is 13.5. The van der Waals surface area contributed by atoms with Crippen LogP contribution in [0.15, 0.2) is 27.2 Å². The Morgan fingerprint density at radius 1 is 1.48 bits per heavy atom. The number of ether oxygens (including phenoxy) is 1. The fourth-order valence-electron chi connectivity index (χ4n) is 2.57. The van der Waals surface area contributed by atoms with E-state index in [1.54, 1.807) is 7.11 Å². The predicted molar refractivity (Wildman–Crippen MR) is 83.3 cm³/mol. The Balaban J connectivity index is 1.67. The Morgan fingerprint density at radius 2 is 2.38 bits per heavy atom. The molecule has 1 saturated heterocycles. The number of nitrogens with zero attached hydrogens (tertiary/aromatic N) is 2. The summed E-state index contributed by atoms with van der Waals surface area (Å²) in [6, 6.07) is 5.76. The van der Waals surface area contributed by atoms with Gasteiger partial charge in [0.1, 0.15) is 5.75 Å². The fraction of sp³-hybridized carbons (Fsp3) is 0.467. The average molecular weight is 352 g/mol. The lowest BCUT2D eigenvalue weighted by molar-refractivity contribution is 0.365. The lowest BCUT2D eigenvalue weighted by atomic mass is 10.0. The molecule has 21 heavy (non-hydrogen) atoms. The first-order valence-corrected chi connectivity index (χ1v) is 7.93. The molecule has 0 aliphatic carbocycles. The number of aryl methyl sites for hydroxylation is 1. The zero-order valence-electron chi connectivity index (χ0n) is 11.9. The van der Waals surface area contributed by atoms with E-state index in [2.05, 4.69) is 31.4 Å². The minimum atomic E-state index is 0.623. The average Bonchev–Trinajstić information content (AvgIpc) is 3.16. The second-order valence-electron chi connectivity index (χ2n) is 5.26. The summed E-state index contributed by atoms with van der Waals surface area (Å²) in [4.78, 5) is 4.48. The van der Waals surface area contributed by atoms with Gasteiger partial charge in [0.2, 0.25) is 11.7 Å². The first kappa shape index (κ1) is 14.5. The molecule has 0 spiro atoms. The molecule has 112 valence electrons. The first-order valence-electron chi connectivity index (χ1n) is 7.13. The molecule has 1 atom stereocenters. The molecule has 1 unspecified atom stereocenters. The molecule has 1 aliphatic heterocycles. The van der Waals surface area contributed by atoms with Gasteiger partial charge in [0.15, 0.2) is 0 Å². The van der Waals surface area contributed by atoms with Crippen LogP contribution in [0, 0.1) is 5.92 Å². The lowest BCUT2D eigenvalue weighted by Crippen LogP contribution is -2.09. The van der Waals surface area contributed by atoms with Gasteiger partial charge in [-0.05, 0) is 66.0 Å². The number of aromatic nitrogens is 2. The summed E-state index contributed by atoms with van der Waals surface area (Å²) < 4.78 is 11.4.